The van der Waals surface area contributed by atoms with Gasteiger partial charge in [0.05, 0.1) is 11.4 Å². The van der Waals surface area contributed by atoms with Crippen LogP contribution in [0.5, 0.6) is 0 Å². The van der Waals surface area contributed by atoms with Gasteiger partial charge < -0.3 is 10.3 Å². The number of nitrogens with two attached hydrogens (primary N) is 1. The van der Waals surface area contributed by atoms with Crippen molar-refractivity contribution < 1.29 is 4.52 Å². The van der Waals surface area contributed by atoms with Crippen molar-refractivity contribution in [1.82, 2.24) is 15.1 Å². The molecule has 1 saturated carbocycles. The van der Waals surface area contributed by atoms with Gasteiger partial charge in [0.2, 0.25) is 5.89 Å². The number of hydrogen-bond acceptors (Lipinski definition) is 6. The number of pyridine rings is 1. The summed E-state index contributed by atoms with van der Waals surface area (Å²) in [5, 5.41) is 4.76. The molecule has 0 unspecified atom stereocenters. The van der Waals surface area contributed by atoms with Gasteiger partial charge in [-0.3, -0.25) is 0 Å². The van der Waals surface area contributed by atoms with Crippen LogP contribution < -0.4 is 5.73 Å². The predicted molar refractivity (Wildman–Crippen MR) is 64.5 cm³/mol. The van der Waals surface area contributed by atoms with Crippen molar-refractivity contribution in [1.29, 1.82) is 0 Å². The lowest BCUT2D eigenvalue weighted by atomic mass is 10.4. The fourth-order valence-electron chi connectivity index (χ4n) is 1.48. The fraction of sp³-hybridized carbons (Fsp3) is 0.364. The van der Waals surface area contributed by atoms with Crippen LogP contribution >= 0.6 is 11.8 Å². The zero-order valence-electron chi connectivity index (χ0n) is 9.17. The topological polar surface area (TPSA) is 77.8 Å². The molecule has 0 saturated heterocycles. The molecule has 88 valence electrons. The zero-order chi connectivity index (χ0) is 11.7. The zero-order valence-corrected chi connectivity index (χ0v) is 9.98. The second-order valence-corrected chi connectivity index (χ2v) is 4.97. The second kappa shape index (κ2) is 4.37. The van der Waals surface area contributed by atoms with Crippen LogP contribution in [-0.4, -0.2) is 15.1 Å². The molecule has 0 radical (unpaired) electrons. The van der Waals surface area contributed by atoms with E-state index in [1.807, 2.05) is 12.1 Å². The monoisotopic (exact) mass is 248 g/mol. The van der Waals surface area contributed by atoms with E-state index in [2.05, 4.69) is 15.1 Å². The summed E-state index contributed by atoms with van der Waals surface area (Å²) in [6.45, 7) is 0. The molecule has 17 heavy (non-hydrogen) atoms. The van der Waals surface area contributed by atoms with Crippen molar-refractivity contribution >= 4 is 17.4 Å². The smallest absolute Gasteiger partial charge is 0.229 e. The Labute approximate surface area is 103 Å². The van der Waals surface area contributed by atoms with Gasteiger partial charge in [0.1, 0.15) is 5.03 Å². The number of aromatic nitrogens is 3. The first-order valence-corrected chi connectivity index (χ1v) is 6.47. The summed E-state index contributed by atoms with van der Waals surface area (Å²) < 4.78 is 5.18. The molecule has 5 nitrogen and oxygen atoms in total. The van der Waals surface area contributed by atoms with Crippen LogP contribution in [0, 0.1) is 0 Å². The maximum absolute atomic E-state index is 5.80. The Morgan fingerprint density at radius 2 is 2.35 bits per heavy atom. The Kier molecular flexibility index (Phi) is 2.72. The van der Waals surface area contributed by atoms with E-state index >= 15 is 0 Å². The average Bonchev–Trinajstić information content (AvgIpc) is 3.08. The number of nitrogens with zero attached hydrogens (tertiary/aromatic N) is 3. The van der Waals surface area contributed by atoms with Gasteiger partial charge in [0.25, 0.3) is 0 Å². The molecule has 0 atom stereocenters. The van der Waals surface area contributed by atoms with Crippen molar-refractivity contribution in [2.75, 3.05) is 5.73 Å². The van der Waals surface area contributed by atoms with Crippen molar-refractivity contribution in [3.05, 3.63) is 30.0 Å². The lowest BCUT2D eigenvalue weighted by Crippen LogP contribution is -1.92. The van der Waals surface area contributed by atoms with Gasteiger partial charge in [0, 0.05) is 12.1 Å². The number of hydrogen-bond donors (Lipinski definition) is 1. The van der Waals surface area contributed by atoms with Crippen molar-refractivity contribution in [3.8, 4) is 0 Å². The van der Waals surface area contributed by atoms with E-state index in [9.17, 15) is 0 Å². The van der Waals surface area contributed by atoms with E-state index < -0.39 is 0 Å². The molecule has 2 aromatic heterocycles. The molecule has 0 aliphatic heterocycles. The fourth-order valence-corrected chi connectivity index (χ4v) is 2.23. The van der Waals surface area contributed by atoms with Crippen LogP contribution in [0.4, 0.5) is 5.69 Å². The van der Waals surface area contributed by atoms with Crippen molar-refractivity contribution in [2.45, 2.75) is 29.5 Å². The highest BCUT2D eigenvalue weighted by molar-refractivity contribution is 7.98. The van der Waals surface area contributed by atoms with E-state index in [0.29, 0.717) is 23.2 Å². The average molecular weight is 248 g/mol. The summed E-state index contributed by atoms with van der Waals surface area (Å²) in [7, 11) is 0. The van der Waals surface area contributed by atoms with Gasteiger partial charge in [-0.2, -0.15) is 4.98 Å². The maximum Gasteiger partial charge on any atom is 0.229 e. The van der Waals surface area contributed by atoms with Gasteiger partial charge >= 0.3 is 0 Å². The SMILES string of the molecule is Nc1cccnc1SCc1noc(C2CC2)n1. The molecule has 1 aliphatic rings. The van der Waals surface area contributed by atoms with E-state index in [-0.39, 0.29) is 0 Å². The summed E-state index contributed by atoms with van der Waals surface area (Å²) in [4.78, 5) is 8.55. The van der Waals surface area contributed by atoms with Crippen LogP contribution in [-0.2, 0) is 5.75 Å². The molecule has 2 N–H and O–H groups in total. The Morgan fingerprint density at radius 1 is 1.47 bits per heavy atom. The van der Waals surface area contributed by atoms with E-state index in [1.54, 1.807) is 6.20 Å². The predicted octanol–water partition coefficient (Wildman–Crippen LogP) is 2.22. The minimum Gasteiger partial charge on any atom is -0.397 e. The molecule has 3 rings (SSSR count). The summed E-state index contributed by atoms with van der Waals surface area (Å²) in [6.07, 6.45) is 4.06. The Balaban J connectivity index is 1.65. The highest BCUT2D eigenvalue weighted by Gasteiger charge is 2.29. The number of nitrogen functional groups attached to an aromatic ring is 1. The first-order chi connectivity index (χ1) is 8.33. The lowest BCUT2D eigenvalue weighted by molar-refractivity contribution is 0.375. The quantitative estimate of drug-likeness (QED) is 0.836. The molecule has 0 spiro atoms. The van der Waals surface area contributed by atoms with Crippen LogP contribution in [0.25, 0.3) is 0 Å². The maximum atomic E-state index is 5.80. The van der Waals surface area contributed by atoms with Gasteiger partial charge in [-0.15, -0.1) is 0 Å². The summed E-state index contributed by atoms with van der Waals surface area (Å²) in [5.41, 5.74) is 6.48. The molecule has 1 aliphatic carbocycles. The third-order valence-electron chi connectivity index (χ3n) is 2.55. The molecule has 0 aromatic carbocycles. The standard InChI is InChI=1S/C11H12N4OS/c12-8-2-1-5-13-11(8)17-6-9-14-10(16-15-9)7-3-4-7/h1-2,5,7H,3-4,6,12H2. The number of rotatable bonds is 4. The summed E-state index contributed by atoms with van der Waals surface area (Å²) in [5.74, 6) is 2.62. The summed E-state index contributed by atoms with van der Waals surface area (Å²) in [6, 6.07) is 3.65. The normalized spacial score (nSPS) is 15.1. The molecule has 2 aromatic rings. The van der Waals surface area contributed by atoms with Crippen molar-refractivity contribution in [3.63, 3.8) is 0 Å². The lowest BCUT2D eigenvalue weighted by Gasteiger charge is -2.00. The van der Waals surface area contributed by atoms with E-state index in [4.69, 9.17) is 10.3 Å². The largest absolute Gasteiger partial charge is 0.397 e. The van der Waals surface area contributed by atoms with Gasteiger partial charge in [-0.1, -0.05) is 16.9 Å². The Hall–Kier alpha value is -1.56. The van der Waals surface area contributed by atoms with Gasteiger partial charge in [-0.05, 0) is 25.0 Å². The molecule has 6 heteroatoms. The molecule has 0 amide bonds. The first kappa shape index (κ1) is 10.6. The Morgan fingerprint density at radius 3 is 3.12 bits per heavy atom. The van der Waals surface area contributed by atoms with Gasteiger partial charge in [-0.25, -0.2) is 4.98 Å². The highest BCUT2D eigenvalue weighted by atomic mass is 32.2. The first-order valence-electron chi connectivity index (χ1n) is 5.48. The molecule has 1 fully saturated rings. The third kappa shape index (κ3) is 2.41. The number of thioether (sulfide) groups is 1. The van der Waals surface area contributed by atoms with E-state index in [1.165, 1.54) is 24.6 Å². The molecular formula is C11H12N4OS. The molecule has 2 heterocycles. The third-order valence-corrected chi connectivity index (χ3v) is 3.57. The van der Waals surface area contributed by atoms with Crippen molar-refractivity contribution in [2.24, 2.45) is 0 Å². The van der Waals surface area contributed by atoms with Crippen LogP contribution in [0.3, 0.4) is 0 Å². The Bertz CT molecular complexity index is 524. The minimum atomic E-state index is 0.501. The summed E-state index contributed by atoms with van der Waals surface area (Å²) >= 11 is 1.52. The second-order valence-electron chi connectivity index (χ2n) is 4.01. The van der Waals surface area contributed by atoms with Gasteiger partial charge in [0.15, 0.2) is 5.82 Å². The van der Waals surface area contributed by atoms with Crippen LogP contribution in [0.2, 0.25) is 0 Å². The molecule has 0 bridgehead atoms. The highest BCUT2D eigenvalue weighted by Crippen LogP contribution is 2.39. The molecular weight excluding hydrogens is 236 g/mol. The number of anilines is 1. The van der Waals surface area contributed by atoms with E-state index in [0.717, 1.165) is 10.9 Å². The van der Waals surface area contributed by atoms with Crippen LogP contribution in [0.1, 0.15) is 30.5 Å². The van der Waals surface area contributed by atoms with Crippen LogP contribution in [0.15, 0.2) is 27.9 Å². The minimum absolute atomic E-state index is 0.501.